The molecule has 144 valence electrons. The van der Waals surface area contributed by atoms with E-state index in [-0.39, 0.29) is 32.1 Å². The normalized spacial score (nSPS) is 10.1. The molecule has 2 aromatic carbocycles. The van der Waals surface area contributed by atoms with Gasteiger partial charge in [-0.3, -0.25) is 9.59 Å². The lowest BCUT2D eigenvalue weighted by Gasteiger charge is -2.09. The van der Waals surface area contributed by atoms with Crippen LogP contribution in [0.4, 0.5) is 0 Å². The average Bonchev–Trinajstić information content (AvgIpc) is 2.70. The molecule has 2 aromatic rings. The summed E-state index contributed by atoms with van der Waals surface area (Å²) in [5.74, 6) is 0.746. The maximum atomic E-state index is 11.8. The van der Waals surface area contributed by atoms with Crippen LogP contribution in [-0.2, 0) is 20.7 Å². The number of ether oxygens (including phenoxy) is 3. The van der Waals surface area contributed by atoms with E-state index in [4.69, 9.17) is 14.2 Å². The first-order valence-corrected chi connectivity index (χ1v) is 8.99. The molecule has 0 saturated heterocycles. The van der Waals surface area contributed by atoms with Gasteiger partial charge < -0.3 is 19.5 Å². The van der Waals surface area contributed by atoms with Crippen LogP contribution in [0.1, 0.15) is 18.9 Å². The van der Waals surface area contributed by atoms with Gasteiger partial charge in [-0.05, 0) is 36.2 Å². The SMILES string of the molecule is CCCOc1ccc(OCCOC(=O)CNC(=O)Cc2ccccc2)cc1. The Hall–Kier alpha value is -3.02. The molecule has 6 nitrogen and oxygen atoms in total. The van der Waals surface area contributed by atoms with Crippen LogP contribution in [0.2, 0.25) is 0 Å². The monoisotopic (exact) mass is 371 g/mol. The second-order valence-electron chi connectivity index (χ2n) is 5.83. The maximum Gasteiger partial charge on any atom is 0.325 e. The van der Waals surface area contributed by atoms with Gasteiger partial charge in [-0.2, -0.15) is 0 Å². The molecule has 0 bridgehead atoms. The van der Waals surface area contributed by atoms with Crippen LogP contribution < -0.4 is 14.8 Å². The van der Waals surface area contributed by atoms with Crippen molar-refractivity contribution in [2.75, 3.05) is 26.4 Å². The molecule has 0 aliphatic heterocycles. The lowest BCUT2D eigenvalue weighted by Crippen LogP contribution is -2.32. The number of carbonyl (C=O) groups is 2. The molecule has 0 spiro atoms. The van der Waals surface area contributed by atoms with E-state index in [1.165, 1.54) is 0 Å². The predicted molar refractivity (Wildman–Crippen MR) is 102 cm³/mol. The molecule has 1 amide bonds. The van der Waals surface area contributed by atoms with Gasteiger partial charge in [0.25, 0.3) is 0 Å². The van der Waals surface area contributed by atoms with E-state index in [1.807, 2.05) is 49.4 Å². The Morgan fingerprint density at radius 1 is 0.852 bits per heavy atom. The average molecular weight is 371 g/mol. The fourth-order valence-electron chi connectivity index (χ4n) is 2.23. The van der Waals surface area contributed by atoms with Gasteiger partial charge in [-0.1, -0.05) is 37.3 Å². The third-order valence-electron chi connectivity index (χ3n) is 3.55. The molecule has 0 aromatic heterocycles. The highest BCUT2D eigenvalue weighted by atomic mass is 16.6. The number of esters is 1. The summed E-state index contributed by atoms with van der Waals surface area (Å²) in [4.78, 5) is 23.4. The number of carbonyl (C=O) groups excluding carboxylic acids is 2. The zero-order valence-corrected chi connectivity index (χ0v) is 15.5. The number of benzene rings is 2. The van der Waals surface area contributed by atoms with E-state index in [1.54, 1.807) is 12.1 Å². The van der Waals surface area contributed by atoms with Crippen molar-refractivity contribution in [1.82, 2.24) is 5.32 Å². The second-order valence-corrected chi connectivity index (χ2v) is 5.83. The number of nitrogens with one attached hydrogen (secondary N) is 1. The Kier molecular flexibility index (Phi) is 8.69. The first-order chi connectivity index (χ1) is 13.2. The molecule has 0 radical (unpaired) electrons. The Morgan fingerprint density at radius 3 is 2.11 bits per heavy atom. The molecule has 27 heavy (non-hydrogen) atoms. The van der Waals surface area contributed by atoms with Gasteiger partial charge in [0.2, 0.25) is 5.91 Å². The molecular formula is C21H25NO5. The van der Waals surface area contributed by atoms with Crippen LogP contribution in [-0.4, -0.2) is 38.2 Å². The lowest BCUT2D eigenvalue weighted by atomic mass is 10.1. The highest BCUT2D eigenvalue weighted by Crippen LogP contribution is 2.17. The maximum absolute atomic E-state index is 11.8. The molecule has 0 aliphatic rings. The van der Waals surface area contributed by atoms with Gasteiger partial charge in [-0.25, -0.2) is 0 Å². The smallest absolute Gasteiger partial charge is 0.325 e. The first kappa shape index (κ1) is 20.3. The fraction of sp³-hybridized carbons (Fsp3) is 0.333. The fourth-order valence-corrected chi connectivity index (χ4v) is 2.23. The number of hydrogen-bond donors (Lipinski definition) is 1. The summed E-state index contributed by atoms with van der Waals surface area (Å²) in [5.41, 5.74) is 0.892. The van der Waals surface area contributed by atoms with Gasteiger partial charge in [0.15, 0.2) is 0 Å². The van der Waals surface area contributed by atoms with Gasteiger partial charge >= 0.3 is 5.97 Å². The van der Waals surface area contributed by atoms with Crippen LogP contribution in [0, 0.1) is 0 Å². The minimum atomic E-state index is -0.497. The molecule has 0 aliphatic carbocycles. The van der Waals surface area contributed by atoms with Crippen molar-refractivity contribution in [2.45, 2.75) is 19.8 Å². The summed E-state index contributed by atoms with van der Waals surface area (Å²) in [6.45, 7) is 2.92. The van der Waals surface area contributed by atoms with E-state index < -0.39 is 5.97 Å². The molecule has 0 fully saturated rings. The Morgan fingerprint density at radius 2 is 1.48 bits per heavy atom. The molecule has 0 unspecified atom stereocenters. The van der Waals surface area contributed by atoms with Gasteiger partial charge in [-0.15, -0.1) is 0 Å². The molecular weight excluding hydrogens is 346 g/mol. The summed E-state index contributed by atoms with van der Waals surface area (Å²) in [5, 5.41) is 2.54. The quantitative estimate of drug-likeness (QED) is 0.486. The molecule has 6 heteroatoms. The molecule has 0 saturated carbocycles. The van der Waals surface area contributed by atoms with Crippen molar-refractivity contribution in [3.8, 4) is 11.5 Å². The van der Waals surface area contributed by atoms with E-state index in [0.29, 0.717) is 12.4 Å². The topological polar surface area (TPSA) is 73.9 Å². The number of rotatable bonds is 11. The van der Waals surface area contributed by atoms with Gasteiger partial charge in [0.1, 0.15) is 31.3 Å². The largest absolute Gasteiger partial charge is 0.494 e. The lowest BCUT2D eigenvalue weighted by molar-refractivity contribution is -0.144. The van der Waals surface area contributed by atoms with E-state index >= 15 is 0 Å². The minimum absolute atomic E-state index is 0.113. The van der Waals surface area contributed by atoms with Crippen LogP contribution in [0.25, 0.3) is 0 Å². The van der Waals surface area contributed by atoms with Crippen LogP contribution in [0.15, 0.2) is 54.6 Å². The van der Waals surface area contributed by atoms with Gasteiger partial charge in [0.05, 0.1) is 13.0 Å². The highest BCUT2D eigenvalue weighted by molar-refractivity contribution is 5.83. The summed E-state index contributed by atoms with van der Waals surface area (Å²) in [6.07, 6.45) is 1.19. The second kappa shape index (κ2) is 11.6. The minimum Gasteiger partial charge on any atom is -0.494 e. The van der Waals surface area contributed by atoms with Crippen molar-refractivity contribution < 1.29 is 23.8 Å². The number of hydrogen-bond acceptors (Lipinski definition) is 5. The van der Waals surface area contributed by atoms with Crippen molar-refractivity contribution in [1.29, 1.82) is 0 Å². The Balaban J connectivity index is 1.57. The summed E-state index contributed by atoms with van der Waals surface area (Å²) in [6, 6.07) is 16.6. The van der Waals surface area contributed by atoms with Crippen LogP contribution in [0.3, 0.4) is 0 Å². The molecule has 2 rings (SSSR count). The summed E-state index contributed by atoms with van der Waals surface area (Å²) >= 11 is 0. The predicted octanol–water partition coefficient (Wildman–Crippen LogP) is 2.76. The summed E-state index contributed by atoms with van der Waals surface area (Å²) < 4.78 is 16.0. The highest BCUT2D eigenvalue weighted by Gasteiger charge is 2.07. The van der Waals surface area contributed by atoms with Crippen molar-refractivity contribution in [3.63, 3.8) is 0 Å². The molecule has 1 N–H and O–H groups in total. The van der Waals surface area contributed by atoms with E-state index in [9.17, 15) is 9.59 Å². The zero-order chi connectivity index (χ0) is 19.3. The zero-order valence-electron chi connectivity index (χ0n) is 15.5. The van der Waals surface area contributed by atoms with Crippen molar-refractivity contribution >= 4 is 11.9 Å². The van der Waals surface area contributed by atoms with E-state index in [0.717, 1.165) is 17.7 Å². The summed E-state index contributed by atoms with van der Waals surface area (Å²) in [7, 11) is 0. The first-order valence-electron chi connectivity index (χ1n) is 8.99. The van der Waals surface area contributed by atoms with Crippen molar-refractivity contribution in [2.24, 2.45) is 0 Å². The van der Waals surface area contributed by atoms with Crippen LogP contribution in [0.5, 0.6) is 11.5 Å². The van der Waals surface area contributed by atoms with Crippen LogP contribution >= 0.6 is 0 Å². The van der Waals surface area contributed by atoms with E-state index in [2.05, 4.69) is 5.32 Å². The number of amides is 1. The standard InChI is InChI=1S/C21H25NO5/c1-2-12-25-18-8-10-19(11-9-18)26-13-14-27-21(24)16-22-20(23)15-17-6-4-3-5-7-17/h3-11H,2,12-16H2,1H3,(H,22,23). The third kappa shape index (κ3) is 8.27. The van der Waals surface area contributed by atoms with Gasteiger partial charge in [0, 0.05) is 0 Å². The molecule has 0 atom stereocenters. The van der Waals surface area contributed by atoms with Crippen molar-refractivity contribution in [3.05, 3.63) is 60.2 Å². The third-order valence-corrected chi connectivity index (χ3v) is 3.55. The Bertz CT molecular complexity index is 700. The Labute approximate surface area is 159 Å². The molecule has 0 heterocycles.